The van der Waals surface area contributed by atoms with Gasteiger partial charge in [-0.05, 0) is 57.4 Å². The maximum absolute atomic E-state index is 8.46. The van der Waals surface area contributed by atoms with Crippen LogP contribution in [0.3, 0.4) is 0 Å². The molecule has 96 valence electrons. The topological polar surface area (TPSA) is 18.5 Å². The molecule has 0 amide bonds. The molecule has 3 rings (SSSR count). The van der Waals surface area contributed by atoms with Crippen LogP contribution < -0.4 is 5.46 Å². The Morgan fingerprint density at radius 2 is 1.89 bits per heavy atom. The van der Waals surface area contributed by atoms with Gasteiger partial charge in [-0.15, -0.1) is 0 Å². The lowest BCUT2D eigenvalue weighted by molar-refractivity contribution is 0.00578. The van der Waals surface area contributed by atoms with E-state index in [2.05, 4.69) is 0 Å². The van der Waals surface area contributed by atoms with Crippen LogP contribution >= 0.6 is 0 Å². The number of hydrogen-bond acceptors (Lipinski definition) is 2. The lowest BCUT2D eigenvalue weighted by Crippen LogP contribution is -2.41. The van der Waals surface area contributed by atoms with E-state index in [1.54, 1.807) is 27.7 Å². The Hall–Kier alpha value is -0.795. The van der Waals surface area contributed by atoms with Gasteiger partial charge in [0.1, 0.15) is 0 Å². The number of benzene rings is 1. The van der Waals surface area contributed by atoms with E-state index in [4.69, 9.17) is 21.6 Å². The van der Waals surface area contributed by atoms with Gasteiger partial charge in [-0.25, -0.2) is 0 Å². The Labute approximate surface area is 122 Å². The van der Waals surface area contributed by atoms with Gasteiger partial charge in [0.25, 0.3) is 0 Å². The molecule has 3 heteroatoms. The van der Waals surface area contributed by atoms with Crippen LogP contribution in [0.4, 0.5) is 0 Å². The minimum atomic E-state index is -2.63. The summed E-state index contributed by atoms with van der Waals surface area (Å²) in [4.78, 5) is 0. The molecule has 1 aliphatic carbocycles. The molecule has 0 atom stereocenters. The van der Waals surface area contributed by atoms with Crippen LogP contribution in [-0.4, -0.2) is 18.3 Å². The third kappa shape index (κ3) is 2.00. The van der Waals surface area contributed by atoms with Crippen molar-refractivity contribution in [2.45, 2.75) is 57.5 Å². The van der Waals surface area contributed by atoms with E-state index in [1.165, 1.54) is 0 Å². The summed E-state index contributed by atoms with van der Waals surface area (Å²) in [7, 11) is -1.21. The maximum Gasteiger partial charge on any atom is 0.494 e. The van der Waals surface area contributed by atoms with Gasteiger partial charge in [0, 0.05) is 6.85 Å². The summed E-state index contributed by atoms with van der Waals surface area (Å²) in [5.41, 5.74) is -2.32. The van der Waals surface area contributed by atoms with Gasteiger partial charge in [0.2, 0.25) is 0 Å². The van der Waals surface area contributed by atoms with E-state index >= 15 is 0 Å². The van der Waals surface area contributed by atoms with Crippen molar-refractivity contribution in [2.75, 3.05) is 0 Å². The largest absolute Gasteiger partial charge is 0.494 e. The van der Waals surface area contributed by atoms with E-state index in [0.717, 1.165) is 0 Å². The van der Waals surface area contributed by atoms with Crippen molar-refractivity contribution in [1.82, 2.24) is 0 Å². The van der Waals surface area contributed by atoms with Crippen LogP contribution in [0.5, 0.6) is 0 Å². The molecule has 2 fully saturated rings. The fourth-order valence-corrected chi connectivity index (χ4v) is 1.72. The van der Waals surface area contributed by atoms with E-state index in [0.29, 0.717) is 0 Å². The lowest BCUT2D eigenvalue weighted by Gasteiger charge is -2.32. The highest BCUT2D eigenvalue weighted by molar-refractivity contribution is 6.62. The van der Waals surface area contributed by atoms with Gasteiger partial charge >= 0.3 is 7.12 Å². The highest BCUT2D eigenvalue weighted by Crippen LogP contribution is 2.40. The van der Waals surface area contributed by atoms with Crippen molar-refractivity contribution >= 4 is 12.6 Å². The van der Waals surface area contributed by atoms with Crippen molar-refractivity contribution in [1.29, 1.82) is 0 Å². The Kier molecular flexibility index (Phi) is 1.21. The second-order valence-corrected chi connectivity index (χ2v) is 5.50. The second kappa shape index (κ2) is 3.85. The van der Waals surface area contributed by atoms with Gasteiger partial charge < -0.3 is 9.31 Å². The molecule has 1 aliphatic heterocycles. The van der Waals surface area contributed by atoms with E-state index in [-0.39, 0.29) is 5.46 Å². The minimum absolute atomic E-state index is 0.185. The van der Waals surface area contributed by atoms with Gasteiger partial charge in [-0.1, -0.05) is 24.2 Å². The fraction of sp³-hybridized carbons (Fsp3) is 0.600. The van der Waals surface area contributed by atoms with Gasteiger partial charge in [0.15, 0.2) is 0 Å². The zero-order chi connectivity index (χ0) is 21.0. The molecule has 1 aromatic carbocycles. The molecule has 0 unspecified atom stereocenters. The first-order valence-electron chi connectivity index (χ1n) is 10.4. The first-order valence-corrected chi connectivity index (χ1v) is 5.92. The Morgan fingerprint density at radius 3 is 2.44 bits per heavy atom. The van der Waals surface area contributed by atoms with E-state index < -0.39 is 66.7 Å². The molecule has 0 radical (unpaired) electrons. The van der Waals surface area contributed by atoms with Gasteiger partial charge in [-0.2, -0.15) is 0 Å². The smallest absolute Gasteiger partial charge is 0.399 e. The normalized spacial score (nSPS) is 40.0. The minimum Gasteiger partial charge on any atom is -0.399 e. The molecule has 2 aliphatic rings. The molecular formula is C15H21BO2. The molecule has 1 heterocycles. The Morgan fingerprint density at radius 1 is 1.28 bits per heavy atom. The van der Waals surface area contributed by atoms with Gasteiger partial charge in [0.05, 0.1) is 16.7 Å². The van der Waals surface area contributed by atoms with Crippen molar-refractivity contribution in [3.05, 3.63) is 29.7 Å². The third-order valence-electron chi connectivity index (χ3n) is 3.63. The van der Waals surface area contributed by atoms with Crippen LogP contribution in [0.1, 0.15) is 64.2 Å². The zero-order valence-electron chi connectivity index (χ0n) is 19.9. The summed E-state index contributed by atoms with van der Waals surface area (Å²) in [5, 5.41) is 0. The first kappa shape index (κ1) is 5.68. The van der Waals surface area contributed by atoms with Gasteiger partial charge in [-0.3, -0.25) is 0 Å². The molecular weight excluding hydrogens is 223 g/mol. The second-order valence-electron chi connectivity index (χ2n) is 5.50. The SMILES string of the molecule is [2H]c1c([2H])c(B2OC(C)(C)C(C)(C)O2)c([2H])c(C2([2H])C([2H])([2H])C2([2H])[2H])c1[2H]. The van der Waals surface area contributed by atoms with Crippen molar-refractivity contribution < 1.29 is 21.6 Å². The highest BCUT2D eigenvalue weighted by Gasteiger charge is 2.51. The summed E-state index contributed by atoms with van der Waals surface area (Å²) in [6.07, 6.45) is -5.26. The molecule has 1 saturated carbocycles. The molecule has 2 nitrogen and oxygen atoms in total. The van der Waals surface area contributed by atoms with Crippen LogP contribution in [0.15, 0.2) is 24.2 Å². The number of rotatable bonds is 2. The quantitative estimate of drug-likeness (QED) is 0.754. The average Bonchev–Trinajstić information content (AvgIpc) is 2.69. The van der Waals surface area contributed by atoms with Crippen molar-refractivity contribution in [2.24, 2.45) is 0 Å². The Bertz CT molecular complexity index is 807. The van der Waals surface area contributed by atoms with Crippen molar-refractivity contribution in [3.63, 3.8) is 0 Å². The predicted molar refractivity (Wildman–Crippen MR) is 74.1 cm³/mol. The Balaban J connectivity index is 2.24. The molecule has 0 spiro atoms. The average molecular weight is 253 g/mol. The molecule has 1 aromatic rings. The monoisotopic (exact) mass is 253 g/mol. The lowest BCUT2D eigenvalue weighted by atomic mass is 9.78. The fourth-order valence-electron chi connectivity index (χ4n) is 1.72. The summed E-state index contributed by atoms with van der Waals surface area (Å²) < 4.78 is 84.1. The van der Waals surface area contributed by atoms with Crippen LogP contribution in [-0.2, 0) is 9.31 Å². The summed E-state index contributed by atoms with van der Waals surface area (Å²) in [6.45, 7) is 7.08. The van der Waals surface area contributed by atoms with E-state index in [9.17, 15) is 0 Å². The van der Waals surface area contributed by atoms with Crippen molar-refractivity contribution in [3.8, 4) is 0 Å². The molecule has 0 aromatic heterocycles. The molecule has 0 bridgehead atoms. The van der Waals surface area contributed by atoms with Crippen LogP contribution in [0.25, 0.3) is 0 Å². The first-order chi connectivity index (χ1) is 12.0. The highest BCUT2D eigenvalue weighted by atomic mass is 16.7. The van der Waals surface area contributed by atoms with E-state index in [1.807, 2.05) is 0 Å². The summed E-state index contributed by atoms with van der Waals surface area (Å²) >= 11 is 0. The molecule has 0 N–H and O–H groups in total. The third-order valence-corrected chi connectivity index (χ3v) is 3.63. The van der Waals surface area contributed by atoms with Crippen LogP contribution in [0.2, 0.25) is 0 Å². The number of hydrogen-bond donors (Lipinski definition) is 0. The molecule has 1 saturated heterocycles. The maximum atomic E-state index is 8.46. The van der Waals surface area contributed by atoms with Crippen LogP contribution in [0, 0.1) is 0 Å². The predicted octanol–water partition coefficient (Wildman–Crippen LogP) is 2.86. The standard InChI is InChI=1S/C15H21BO2/c1-14(2)15(3,4)18-16(17-14)13-7-5-6-12(10-13)11-8-9-11/h5-7,10-11H,8-9H2,1-4H3/i5D,6D,7D,8D2,9D2,10D,11D. The summed E-state index contributed by atoms with van der Waals surface area (Å²) in [5.74, 6) is -2.52. The molecule has 18 heavy (non-hydrogen) atoms. The summed E-state index contributed by atoms with van der Waals surface area (Å²) in [6, 6.07) is -2.33. The zero-order valence-corrected chi connectivity index (χ0v) is 10.9.